The molecule has 0 aliphatic rings. The molecule has 154 valence electrons. The van der Waals surface area contributed by atoms with Gasteiger partial charge < -0.3 is 10.1 Å². The van der Waals surface area contributed by atoms with Crippen molar-refractivity contribution in [2.75, 3.05) is 7.11 Å². The molecule has 1 N–H and O–H groups in total. The Morgan fingerprint density at radius 1 is 1.03 bits per heavy atom. The Bertz CT molecular complexity index is 1040. The van der Waals surface area contributed by atoms with Crippen LogP contribution in [0.2, 0.25) is 5.02 Å². The fourth-order valence-electron chi connectivity index (χ4n) is 3.17. The van der Waals surface area contributed by atoms with E-state index >= 15 is 0 Å². The van der Waals surface area contributed by atoms with Crippen LogP contribution in [-0.4, -0.2) is 24.8 Å². The Kier molecular flexibility index (Phi) is 7.20. The molecule has 30 heavy (non-hydrogen) atoms. The average molecular weight is 426 g/mol. The zero-order chi connectivity index (χ0) is 21.5. The van der Waals surface area contributed by atoms with E-state index < -0.39 is 17.8 Å². The molecule has 0 radical (unpaired) electrons. The van der Waals surface area contributed by atoms with Gasteiger partial charge in [0.15, 0.2) is 5.78 Å². The number of rotatable bonds is 8. The molecule has 0 aliphatic carbocycles. The Balaban J connectivity index is 1.85. The summed E-state index contributed by atoms with van der Waals surface area (Å²) in [6, 6.07) is 19.2. The number of carbonyl (C=O) groups is 2. The highest BCUT2D eigenvalue weighted by atomic mass is 35.5. The standard InChI is InChI=1S/C24H21ClFNO3/c1-30-23-12-11-18(25)14-17(23)15-22(28)21(13-16-7-3-2-4-8-16)27-24(29)19-9-5-6-10-20(19)26/h2-12,14,21H,13,15H2,1H3,(H,27,29). The summed E-state index contributed by atoms with van der Waals surface area (Å²) >= 11 is 6.07. The number of Topliss-reactive ketones (excluding diaryl/α,β-unsaturated/α-hetero) is 1. The van der Waals surface area contributed by atoms with Gasteiger partial charge in [-0.2, -0.15) is 0 Å². The summed E-state index contributed by atoms with van der Waals surface area (Å²) < 4.78 is 19.3. The predicted molar refractivity (Wildman–Crippen MR) is 115 cm³/mol. The van der Waals surface area contributed by atoms with Crippen LogP contribution in [0.3, 0.4) is 0 Å². The Morgan fingerprint density at radius 3 is 2.43 bits per heavy atom. The third-order valence-corrected chi connectivity index (χ3v) is 4.94. The lowest BCUT2D eigenvalue weighted by atomic mass is 9.97. The van der Waals surface area contributed by atoms with Gasteiger partial charge in [0.2, 0.25) is 0 Å². The molecule has 0 spiro atoms. The smallest absolute Gasteiger partial charge is 0.254 e. The van der Waals surface area contributed by atoms with E-state index in [0.717, 1.165) is 5.56 Å². The first-order chi connectivity index (χ1) is 14.5. The highest BCUT2D eigenvalue weighted by Gasteiger charge is 2.24. The average Bonchev–Trinajstić information content (AvgIpc) is 2.74. The maximum atomic E-state index is 14.0. The summed E-state index contributed by atoms with van der Waals surface area (Å²) in [6.07, 6.45) is 0.293. The van der Waals surface area contributed by atoms with Crippen LogP contribution in [0.1, 0.15) is 21.5 Å². The van der Waals surface area contributed by atoms with Crippen molar-refractivity contribution < 1.29 is 18.7 Å². The number of ether oxygens (including phenoxy) is 1. The second-order valence-corrected chi connectivity index (χ2v) is 7.23. The minimum Gasteiger partial charge on any atom is -0.496 e. The molecule has 0 saturated heterocycles. The molecule has 3 aromatic rings. The van der Waals surface area contributed by atoms with E-state index in [1.54, 1.807) is 24.3 Å². The zero-order valence-corrected chi connectivity index (χ0v) is 17.2. The monoisotopic (exact) mass is 425 g/mol. The number of nitrogens with one attached hydrogen (secondary N) is 1. The number of ketones is 1. The molecule has 1 amide bonds. The van der Waals surface area contributed by atoms with Crippen LogP contribution in [0.4, 0.5) is 4.39 Å². The van der Waals surface area contributed by atoms with Crippen molar-refractivity contribution >= 4 is 23.3 Å². The van der Waals surface area contributed by atoms with Crippen LogP contribution in [0.25, 0.3) is 0 Å². The lowest BCUT2D eigenvalue weighted by Gasteiger charge is -2.19. The third kappa shape index (κ3) is 5.45. The van der Waals surface area contributed by atoms with Crippen molar-refractivity contribution in [1.82, 2.24) is 5.32 Å². The molecule has 1 unspecified atom stereocenters. The summed E-state index contributed by atoms with van der Waals surface area (Å²) in [7, 11) is 1.51. The second kappa shape index (κ2) is 10.0. The normalized spacial score (nSPS) is 11.6. The number of hydrogen-bond acceptors (Lipinski definition) is 3. The lowest BCUT2D eigenvalue weighted by Crippen LogP contribution is -2.43. The van der Waals surface area contributed by atoms with Gasteiger partial charge in [0.1, 0.15) is 11.6 Å². The first-order valence-electron chi connectivity index (χ1n) is 9.42. The second-order valence-electron chi connectivity index (χ2n) is 6.79. The molecule has 0 saturated carbocycles. The van der Waals surface area contributed by atoms with Crippen LogP contribution in [0, 0.1) is 5.82 Å². The van der Waals surface area contributed by atoms with Gasteiger partial charge >= 0.3 is 0 Å². The highest BCUT2D eigenvalue weighted by Crippen LogP contribution is 2.24. The molecule has 6 heteroatoms. The molecule has 0 aromatic heterocycles. The maximum absolute atomic E-state index is 14.0. The lowest BCUT2D eigenvalue weighted by molar-refractivity contribution is -0.120. The summed E-state index contributed by atoms with van der Waals surface area (Å²) in [5, 5.41) is 3.17. The van der Waals surface area contributed by atoms with Gasteiger partial charge in [-0.25, -0.2) is 4.39 Å². The van der Waals surface area contributed by atoms with Gasteiger partial charge in [0.25, 0.3) is 5.91 Å². The first kappa shape index (κ1) is 21.5. The minimum absolute atomic E-state index is 0.0127. The molecule has 4 nitrogen and oxygen atoms in total. The third-order valence-electron chi connectivity index (χ3n) is 4.70. The Hall–Kier alpha value is -3.18. The van der Waals surface area contributed by atoms with Crippen molar-refractivity contribution in [3.63, 3.8) is 0 Å². The predicted octanol–water partition coefficient (Wildman–Crippen LogP) is 4.64. The number of methoxy groups -OCH3 is 1. The molecule has 1 atom stereocenters. The summed E-state index contributed by atoms with van der Waals surface area (Å²) in [6.45, 7) is 0. The quantitative estimate of drug-likeness (QED) is 0.572. The summed E-state index contributed by atoms with van der Waals surface area (Å²) in [5.41, 5.74) is 1.39. The van der Waals surface area contributed by atoms with Crippen LogP contribution < -0.4 is 10.1 Å². The molecule has 0 aliphatic heterocycles. The SMILES string of the molecule is COc1ccc(Cl)cc1CC(=O)C(Cc1ccccc1)NC(=O)c1ccccc1F. The van der Waals surface area contributed by atoms with E-state index in [2.05, 4.69) is 5.32 Å². The van der Waals surface area contributed by atoms with Crippen molar-refractivity contribution in [3.05, 3.63) is 100 Å². The number of benzene rings is 3. The van der Waals surface area contributed by atoms with E-state index in [-0.39, 0.29) is 24.2 Å². The van der Waals surface area contributed by atoms with E-state index in [1.165, 1.54) is 25.3 Å². The first-order valence-corrected chi connectivity index (χ1v) is 9.80. The van der Waals surface area contributed by atoms with Crippen LogP contribution in [0.5, 0.6) is 5.75 Å². The van der Waals surface area contributed by atoms with Crippen molar-refractivity contribution in [3.8, 4) is 5.75 Å². The van der Waals surface area contributed by atoms with E-state index in [4.69, 9.17) is 16.3 Å². The fraction of sp³-hybridized carbons (Fsp3) is 0.167. The van der Waals surface area contributed by atoms with E-state index in [9.17, 15) is 14.0 Å². The van der Waals surface area contributed by atoms with Crippen molar-refractivity contribution in [1.29, 1.82) is 0 Å². The van der Waals surface area contributed by atoms with Crippen LogP contribution in [-0.2, 0) is 17.6 Å². The highest BCUT2D eigenvalue weighted by molar-refractivity contribution is 6.30. The summed E-state index contributed by atoms with van der Waals surface area (Å²) in [4.78, 5) is 25.8. The van der Waals surface area contributed by atoms with E-state index in [0.29, 0.717) is 16.3 Å². The molecule has 3 rings (SSSR count). The molecular formula is C24H21ClFNO3. The molecule has 0 heterocycles. The van der Waals surface area contributed by atoms with E-state index in [1.807, 2.05) is 30.3 Å². The largest absolute Gasteiger partial charge is 0.496 e. The van der Waals surface area contributed by atoms with Gasteiger partial charge in [0, 0.05) is 17.0 Å². The number of amides is 1. The van der Waals surface area contributed by atoms with Crippen molar-refractivity contribution in [2.24, 2.45) is 0 Å². The Labute approximate surface area is 179 Å². The molecule has 0 fully saturated rings. The van der Waals surface area contributed by atoms with Crippen LogP contribution >= 0.6 is 11.6 Å². The molecular weight excluding hydrogens is 405 g/mol. The number of hydrogen-bond donors (Lipinski definition) is 1. The van der Waals surface area contributed by atoms with Gasteiger partial charge in [0.05, 0.1) is 18.7 Å². The number of halogens is 2. The topological polar surface area (TPSA) is 55.4 Å². The van der Waals surface area contributed by atoms with Gasteiger partial charge in [-0.05, 0) is 42.3 Å². The molecule has 0 bridgehead atoms. The zero-order valence-electron chi connectivity index (χ0n) is 16.4. The van der Waals surface area contributed by atoms with Gasteiger partial charge in [-0.15, -0.1) is 0 Å². The minimum atomic E-state index is -0.844. The number of carbonyl (C=O) groups excluding carboxylic acids is 2. The van der Waals surface area contributed by atoms with Gasteiger partial charge in [-0.3, -0.25) is 9.59 Å². The fourth-order valence-corrected chi connectivity index (χ4v) is 3.37. The molecule has 3 aromatic carbocycles. The maximum Gasteiger partial charge on any atom is 0.254 e. The Morgan fingerprint density at radius 2 is 1.73 bits per heavy atom. The van der Waals surface area contributed by atoms with Crippen LogP contribution in [0.15, 0.2) is 72.8 Å². The van der Waals surface area contributed by atoms with Crippen molar-refractivity contribution in [2.45, 2.75) is 18.9 Å². The van der Waals surface area contributed by atoms with Gasteiger partial charge in [-0.1, -0.05) is 54.1 Å². The summed E-state index contributed by atoms with van der Waals surface area (Å²) in [5.74, 6) is -0.978.